The van der Waals surface area contributed by atoms with Gasteiger partial charge in [0.15, 0.2) is 17.1 Å². The molecule has 2 aromatic heterocycles. The summed E-state index contributed by atoms with van der Waals surface area (Å²) in [6.07, 6.45) is 3.12. The second-order valence-corrected chi connectivity index (χ2v) is 7.45. The number of likely N-dealkylation sites (tertiary alicyclic amines) is 1. The number of carbonyl (C=O) groups excluding carboxylic acids is 1. The van der Waals surface area contributed by atoms with Crippen molar-refractivity contribution in [3.05, 3.63) is 40.3 Å². The maximum atomic E-state index is 12.6. The number of aromatic amines is 1. The van der Waals surface area contributed by atoms with Crippen molar-refractivity contribution in [2.45, 2.75) is 25.7 Å². The van der Waals surface area contributed by atoms with E-state index in [0.29, 0.717) is 53.7 Å². The molecule has 1 fully saturated rings. The molecule has 0 aliphatic carbocycles. The SMILES string of the molecule is COc1cc(-c2cc3nc(CCN4CCCCC4=O)cc(=O)n3[nH]2)cc(OC)c1OC. The van der Waals surface area contributed by atoms with E-state index in [1.165, 1.54) is 10.6 Å². The van der Waals surface area contributed by atoms with Crippen molar-refractivity contribution < 1.29 is 19.0 Å². The summed E-state index contributed by atoms with van der Waals surface area (Å²) in [6, 6.07) is 6.93. The minimum Gasteiger partial charge on any atom is -0.493 e. The van der Waals surface area contributed by atoms with Gasteiger partial charge in [0.2, 0.25) is 11.7 Å². The number of nitrogens with zero attached hydrogens (tertiary/aromatic N) is 3. The monoisotopic (exact) mass is 426 g/mol. The van der Waals surface area contributed by atoms with Gasteiger partial charge >= 0.3 is 0 Å². The molecule has 1 aliphatic rings. The molecule has 1 N–H and O–H groups in total. The molecule has 9 heteroatoms. The van der Waals surface area contributed by atoms with Crippen LogP contribution in [0.4, 0.5) is 0 Å². The number of rotatable bonds is 7. The highest BCUT2D eigenvalue weighted by atomic mass is 16.5. The van der Waals surface area contributed by atoms with Crippen LogP contribution in [0, 0.1) is 0 Å². The maximum absolute atomic E-state index is 12.6. The summed E-state index contributed by atoms with van der Waals surface area (Å²) in [4.78, 5) is 31.1. The van der Waals surface area contributed by atoms with Gasteiger partial charge in [-0.2, -0.15) is 0 Å². The summed E-state index contributed by atoms with van der Waals surface area (Å²) in [5.74, 6) is 1.70. The predicted molar refractivity (Wildman–Crippen MR) is 115 cm³/mol. The van der Waals surface area contributed by atoms with E-state index in [9.17, 15) is 9.59 Å². The van der Waals surface area contributed by atoms with Gasteiger partial charge in [0.1, 0.15) is 0 Å². The van der Waals surface area contributed by atoms with Gasteiger partial charge < -0.3 is 19.1 Å². The molecule has 164 valence electrons. The highest BCUT2D eigenvalue weighted by Crippen LogP contribution is 2.40. The molecule has 0 bridgehead atoms. The van der Waals surface area contributed by atoms with Crippen LogP contribution >= 0.6 is 0 Å². The Hall–Kier alpha value is -3.49. The summed E-state index contributed by atoms with van der Waals surface area (Å²) in [7, 11) is 4.65. The van der Waals surface area contributed by atoms with E-state index in [-0.39, 0.29) is 11.5 Å². The maximum Gasteiger partial charge on any atom is 0.272 e. The highest BCUT2D eigenvalue weighted by molar-refractivity contribution is 5.76. The predicted octanol–water partition coefficient (Wildman–Crippen LogP) is 2.27. The lowest BCUT2D eigenvalue weighted by atomic mass is 10.1. The van der Waals surface area contributed by atoms with Gasteiger partial charge in [-0.05, 0) is 25.0 Å². The van der Waals surface area contributed by atoms with Crippen LogP contribution in [0.5, 0.6) is 17.2 Å². The molecule has 1 aromatic carbocycles. The summed E-state index contributed by atoms with van der Waals surface area (Å²) in [5, 5.41) is 3.09. The van der Waals surface area contributed by atoms with Crippen LogP contribution in [0.3, 0.4) is 0 Å². The van der Waals surface area contributed by atoms with Gasteiger partial charge in [0.05, 0.1) is 32.7 Å². The third kappa shape index (κ3) is 4.08. The zero-order valence-corrected chi connectivity index (χ0v) is 17.9. The molecule has 0 radical (unpaired) electrons. The molecule has 0 spiro atoms. The first kappa shape index (κ1) is 20.8. The molecular formula is C22H26N4O5. The van der Waals surface area contributed by atoms with Crippen molar-refractivity contribution in [3.8, 4) is 28.5 Å². The number of ether oxygens (including phenoxy) is 3. The van der Waals surface area contributed by atoms with Crippen molar-refractivity contribution in [2.75, 3.05) is 34.4 Å². The minimum atomic E-state index is -0.205. The van der Waals surface area contributed by atoms with Gasteiger partial charge in [-0.15, -0.1) is 0 Å². The second-order valence-electron chi connectivity index (χ2n) is 7.45. The Morgan fingerprint density at radius 3 is 2.39 bits per heavy atom. The Balaban J connectivity index is 1.65. The average molecular weight is 426 g/mol. The minimum absolute atomic E-state index is 0.176. The molecule has 0 atom stereocenters. The number of hydrogen-bond donors (Lipinski definition) is 1. The van der Waals surface area contributed by atoms with Crippen LogP contribution in [0.15, 0.2) is 29.1 Å². The topological polar surface area (TPSA) is 98.2 Å². The number of benzene rings is 1. The lowest BCUT2D eigenvalue weighted by Gasteiger charge is -2.26. The number of carbonyl (C=O) groups is 1. The van der Waals surface area contributed by atoms with Crippen LogP contribution < -0.4 is 19.8 Å². The van der Waals surface area contributed by atoms with Crippen molar-refractivity contribution in [1.29, 1.82) is 0 Å². The number of aromatic nitrogens is 3. The molecule has 1 saturated heterocycles. The van der Waals surface area contributed by atoms with E-state index in [1.54, 1.807) is 39.5 Å². The fraction of sp³-hybridized carbons (Fsp3) is 0.409. The Morgan fingerprint density at radius 2 is 1.74 bits per heavy atom. The van der Waals surface area contributed by atoms with E-state index in [4.69, 9.17) is 14.2 Å². The van der Waals surface area contributed by atoms with Crippen LogP contribution in [0.25, 0.3) is 16.9 Å². The molecular weight excluding hydrogens is 400 g/mol. The smallest absolute Gasteiger partial charge is 0.272 e. The molecule has 3 heterocycles. The zero-order valence-electron chi connectivity index (χ0n) is 17.9. The van der Waals surface area contributed by atoms with Crippen molar-refractivity contribution in [1.82, 2.24) is 19.5 Å². The largest absolute Gasteiger partial charge is 0.493 e. The first-order valence-electron chi connectivity index (χ1n) is 10.2. The fourth-order valence-electron chi connectivity index (χ4n) is 3.90. The number of amides is 1. The Kier molecular flexibility index (Phi) is 5.83. The molecule has 1 aliphatic heterocycles. The van der Waals surface area contributed by atoms with Gasteiger partial charge in [0.25, 0.3) is 5.56 Å². The molecule has 9 nitrogen and oxygen atoms in total. The molecule has 3 aromatic rings. The summed E-state index contributed by atoms with van der Waals surface area (Å²) in [5.41, 5.74) is 2.42. The van der Waals surface area contributed by atoms with Gasteiger partial charge in [-0.25, -0.2) is 9.50 Å². The molecule has 0 unspecified atom stereocenters. The molecule has 4 rings (SSSR count). The van der Waals surface area contributed by atoms with E-state index < -0.39 is 0 Å². The summed E-state index contributed by atoms with van der Waals surface area (Å²) >= 11 is 0. The first-order chi connectivity index (χ1) is 15.0. The van der Waals surface area contributed by atoms with Gasteiger partial charge in [0, 0.05) is 43.6 Å². The number of piperidine rings is 1. The zero-order chi connectivity index (χ0) is 22.0. The van der Waals surface area contributed by atoms with Crippen LogP contribution in [-0.2, 0) is 11.2 Å². The fourth-order valence-corrected chi connectivity index (χ4v) is 3.90. The second kappa shape index (κ2) is 8.71. The Bertz CT molecular complexity index is 1140. The molecule has 0 saturated carbocycles. The third-order valence-electron chi connectivity index (χ3n) is 5.54. The van der Waals surface area contributed by atoms with E-state index in [2.05, 4.69) is 10.1 Å². The normalized spacial score (nSPS) is 14.2. The first-order valence-corrected chi connectivity index (χ1v) is 10.2. The van der Waals surface area contributed by atoms with Crippen LogP contribution in [0.1, 0.15) is 25.0 Å². The number of nitrogens with one attached hydrogen (secondary N) is 1. The van der Waals surface area contributed by atoms with Crippen LogP contribution in [0.2, 0.25) is 0 Å². The van der Waals surface area contributed by atoms with Crippen molar-refractivity contribution in [2.24, 2.45) is 0 Å². The van der Waals surface area contributed by atoms with Gasteiger partial charge in [-0.3, -0.25) is 14.7 Å². The lowest BCUT2D eigenvalue weighted by Crippen LogP contribution is -2.36. The van der Waals surface area contributed by atoms with E-state index >= 15 is 0 Å². The quantitative estimate of drug-likeness (QED) is 0.622. The standard InChI is InChI=1S/C22H26N4O5/c1-29-17-10-14(11-18(30-2)22(17)31-3)16-13-19-23-15(12-21(28)26(19)24-16)7-9-25-8-5-4-6-20(25)27/h10-13,24H,4-9H2,1-3H3. The Labute approximate surface area is 179 Å². The highest BCUT2D eigenvalue weighted by Gasteiger charge is 2.19. The van der Waals surface area contributed by atoms with Crippen molar-refractivity contribution in [3.63, 3.8) is 0 Å². The molecule has 1 amide bonds. The number of hydrogen-bond acceptors (Lipinski definition) is 6. The van der Waals surface area contributed by atoms with Crippen molar-refractivity contribution >= 4 is 11.6 Å². The number of H-pyrrole nitrogens is 1. The lowest BCUT2D eigenvalue weighted by molar-refractivity contribution is -0.133. The Morgan fingerprint density at radius 1 is 1.00 bits per heavy atom. The van der Waals surface area contributed by atoms with E-state index in [1.807, 2.05) is 4.90 Å². The number of methoxy groups -OCH3 is 3. The van der Waals surface area contributed by atoms with E-state index in [0.717, 1.165) is 24.9 Å². The third-order valence-corrected chi connectivity index (χ3v) is 5.54. The molecule has 31 heavy (non-hydrogen) atoms. The van der Waals surface area contributed by atoms with Crippen LogP contribution in [-0.4, -0.2) is 59.8 Å². The summed E-state index contributed by atoms with van der Waals surface area (Å²) < 4.78 is 17.6. The summed E-state index contributed by atoms with van der Waals surface area (Å²) in [6.45, 7) is 1.35. The van der Waals surface area contributed by atoms with Gasteiger partial charge in [-0.1, -0.05) is 0 Å². The average Bonchev–Trinajstić information content (AvgIpc) is 3.22. The number of fused-ring (bicyclic) bond motifs is 1.